The quantitative estimate of drug-likeness (QED) is 0.827. The number of aromatic nitrogens is 2. The molecule has 0 N–H and O–H groups in total. The Morgan fingerprint density at radius 2 is 2.33 bits per heavy atom. The SMILES string of the molecule is CC(C)C[S@](=O)c1nc2ncccc2s1. The van der Waals surface area contributed by atoms with Gasteiger partial charge in [-0.15, -0.1) is 11.3 Å². The number of fused-ring (bicyclic) bond motifs is 1. The zero-order valence-corrected chi connectivity index (χ0v) is 10.3. The lowest BCUT2D eigenvalue weighted by atomic mass is 10.3. The molecule has 15 heavy (non-hydrogen) atoms. The van der Waals surface area contributed by atoms with Crippen molar-refractivity contribution in [1.82, 2.24) is 9.97 Å². The zero-order chi connectivity index (χ0) is 10.8. The Balaban J connectivity index is 2.32. The molecule has 0 amide bonds. The molecule has 2 aromatic rings. The minimum absolute atomic E-state index is 0.422. The molecule has 0 aromatic carbocycles. The summed E-state index contributed by atoms with van der Waals surface area (Å²) in [6, 6.07) is 3.83. The van der Waals surface area contributed by atoms with Gasteiger partial charge in [0.05, 0.1) is 15.5 Å². The highest BCUT2D eigenvalue weighted by Gasteiger charge is 2.12. The molecular weight excluding hydrogens is 228 g/mol. The van der Waals surface area contributed by atoms with E-state index in [4.69, 9.17) is 0 Å². The van der Waals surface area contributed by atoms with Crippen LogP contribution in [0.1, 0.15) is 13.8 Å². The molecule has 5 heteroatoms. The summed E-state index contributed by atoms with van der Waals surface area (Å²) in [5.41, 5.74) is 0.703. The number of pyridine rings is 1. The first-order valence-corrected chi connectivity index (χ1v) is 6.90. The van der Waals surface area contributed by atoms with Crippen LogP contribution in [0.5, 0.6) is 0 Å². The summed E-state index contributed by atoms with van der Waals surface area (Å²) in [4.78, 5) is 8.40. The first-order valence-electron chi connectivity index (χ1n) is 4.77. The van der Waals surface area contributed by atoms with E-state index in [-0.39, 0.29) is 0 Å². The van der Waals surface area contributed by atoms with Crippen LogP contribution < -0.4 is 0 Å². The van der Waals surface area contributed by atoms with Crippen LogP contribution in [0.4, 0.5) is 0 Å². The molecule has 2 rings (SSSR count). The largest absolute Gasteiger partial charge is 0.252 e. The first kappa shape index (κ1) is 10.7. The molecule has 0 spiro atoms. The second-order valence-electron chi connectivity index (χ2n) is 3.71. The van der Waals surface area contributed by atoms with Crippen LogP contribution in [0.3, 0.4) is 0 Å². The van der Waals surface area contributed by atoms with Gasteiger partial charge in [0.25, 0.3) is 0 Å². The lowest BCUT2D eigenvalue weighted by molar-refractivity contribution is 0.664. The fourth-order valence-corrected chi connectivity index (χ4v) is 3.66. The second kappa shape index (κ2) is 4.37. The predicted molar refractivity (Wildman–Crippen MR) is 63.5 cm³/mol. The smallest absolute Gasteiger partial charge is 0.183 e. The molecule has 0 saturated carbocycles. The molecule has 0 aliphatic rings. The Morgan fingerprint density at radius 1 is 1.53 bits per heavy atom. The third-order valence-corrected chi connectivity index (χ3v) is 4.89. The number of nitrogens with zero attached hydrogens (tertiary/aromatic N) is 2. The number of hydrogen-bond donors (Lipinski definition) is 0. The van der Waals surface area contributed by atoms with Crippen molar-refractivity contribution in [3.63, 3.8) is 0 Å². The minimum atomic E-state index is -0.979. The van der Waals surface area contributed by atoms with Gasteiger partial charge in [-0.2, -0.15) is 0 Å². The van der Waals surface area contributed by atoms with Crippen molar-refractivity contribution in [3.8, 4) is 0 Å². The number of thiazole rings is 1. The van der Waals surface area contributed by atoms with E-state index < -0.39 is 10.8 Å². The lowest BCUT2D eigenvalue weighted by Crippen LogP contribution is -2.04. The molecule has 0 radical (unpaired) electrons. The van der Waals surface area contributed by atoms with Gasteiger partial charge in [-0.05, 0) is 18.1 Å². The highest BCUT2D eigenvalue weighted by molar-refractivity contribution is 7.87. The van der Waals surface area contributed by atoms with E-state index in [1.165, 1.54) is 11.3 Å². The normalized spacial score (nSPS) is 13.5. The van der Waals surface area contributed by atoms with Crippen molar-refractivity contribution in [1.29, 1.82) is 0 Å². The van der Waals surface area contributed by atoms with Gasteiger partial charge in [-0.3, -0.25) is 4.21 Å². The van der Waals surface area contributed by atoms with Crippen molar-refractivity contribution < 1.29 is 4.21 Å². The Kier molecular flexibility index (Phi) is 3.11. The summed E-state index contributed by atoms with van der Waals surface area (Å²) in [5.74, 6) is 1.09. The van der Waals surface area contributed by atoms with E-state index in [9.17, 15) is 4.21 Å². The molecule has 0 unspecified atom stereocenters. The summed E-state index contributed by atoms with van der Waals surface area (Å²) in [7, 11) is -0.979. The molecule has 1 atom stereocenters. The molecule has 0 aliphatic heterocycles. The van der Waals surface area contributed by atoms with Gasteiger partial charge in [-0.1, -0.05) is 13.8 Å². The van der Waals surface area contributed by atoms with Gasteiger partial charge in [0.1, 0.15) is 0 Å². The van der Waals surface area contributed by atoms with Crippen LogP contribution in [0.15, 0.2) is 22.7 Å². The maximum atomic E-state index is 11.9. The van der Waals surface area contributed by atoms with Gasteiger partial charge in [-0.25, -0.2) is 9.97 Å². The van der Waals surface area contributed by atoms with Crippen molar-refractivity contribution >= 4 is 32.5 Å². The molecule has 0 fully saturated rings. The third kappa shape index (κ3) is 2.41. The molecule has 0 bridgehead atoms. The van der Waals surface area contributed by atoms with Crippen LogP contribution >= 0.6 is 11.3 Å². The Labute approximate surface area is 95.0 Å². The Bertz CT molecular complexity index is 460. The first-order chi connectivity index (χ1) is 7.16. The van der Waals surface area contributed by atoms with E-state index >= 15 is 0 Å². The van der Waals surface area contributed by atoms with Crippen molar-refractivity contribution in [2.24, 2.45) is 5.92 Å². The maximum Gasteiger partial charge on any atom is 0.183 e. The van der Waals surface area contributed by atoms with Crippen molar-refractivity contribution in [2.45, 2.75) is 18.2 Å². The van der Waals surface area contributed by atoms with Gasteiger partial charge in [0.15, 0.2) is 9.99 Å². The van der Waals surface area contributed by atoms with Gasteiger partial charge < -0.3 is 0 Å². The van der Waals surface area contributed by atoms with E-state index in [2.05, 4.69) is 23.8 Å². The van der Waals surface area contributed by atoms with Gasteiger partial charge >= 0.3 is 0 Å². The summed E-state index contributed by atoms with van der Waals surface area (Å²) in [6.07, 6.45) is 1.71. The monoisotopic (exact) mass is 240 g/mol. The highest BCUT2D eigenvalue weighted by Crippen LogP contribution is 2.23. The molecule has 80 valence electrons. The van der Waals surface area contributed by atoms with Crippen molar-refractivity contribution in [2.75, 3.05) is 5.75 Å². The molecule has 0 saturated heterocycles. The molecular formula is C10H12N2OS2. The average Bonchev–Trinajstić information content (AvgIpc) is 2.59. The summed E-state index contributed by atoms with van der Waals surface area (Å²) in [5, 5.41) is 0. The maximum absolute atomic E-state index is 11.9. The molecule has 0 aliphatic carbocycles. The highest BCUT2D eigenvalue weighted by atomic mass is 32.2. The van der Waals surface area contributed by atoms with Crippen molar-refractivity contribution in [3.05, 3.63) is 18.3 Å². The van der Waals surface area contributed by atoms with Crippen LogP contribution in [-0.4, -0.2) is 19.9 Å². The lowest BCUT2D eigenvalue weighted by Gasteiger charge is -2.00. The summed E-state index contributed by atoms with van der Waals surface area (Å²) >= 11 is 1.47. The zero-order valence-electron chi connectivity index (χ0n) is 8.64. The number of rotatable bonds is 3. The second-order valence-corrected chi connectivity index (χ2v) is 6.41. The summed E-state index contributed by atoms with van der Waals surface area (Å²) in [6.45, 7) is 4.12. The van der Waals surface area contributed by atoms with Crippen LogP contribution in [0, 0.1) is 5.92 Å². The molecule has 3 nitrogen and oxygen atoms in total. The number of hydrogen-bond acceptors (Lipinski definition) is 4. The van der Waals surface area contributed by atoms with E-state index in [0.29, 0.717) is 21.7 Å². The Morgan fingerprint density at radius 3 is 3.00 bits per heavy atom. The van der Waals surface area contributed by atoms with Crippen LogP contribution in [0.2, 0.25) is 0 Å². The van der Waals surface area contributed by atoms with Gasteiger partial charge in [0.2, 0.25) is 0 Å². The summed E-state index contributed by atoms with van der Waals surface area (Å²) < 4.78 is 13.6. The van der Waals surface area contributed by atoms with E-state index in [1.807, 2.05) is 12.1 Å². The van der Waals surface area contributed by atoms with E-state index in [1.54, 1.807) is 6.20 Å². The topological polar surface area (TPSA) is 42.9 Å². The fourth-order valence-electron chi connectivity index (χ4n) is 1.22. The van der Waals surface area contributed by atoms with Crippen LogP contribution in [-0.2, 0) is 10.8 Å². The minimum Gasteiger partial charge on any atom is -0.252 e. The van der Waals surface area contributed by atoms with Gasteiger partial charge in [0, 0.05) is 11.9 Å². The Hall–Kier alpha value is -0.810. The predicted octanol–water partition coefficient (Wildman–Crippen LogP) is 2.45. The third-order valence-electron chi connectivity index (χ3n) is 1.82. The van der Waals surface area contributed by atoms with E-state index in [0.717, 1.165) is 4.70 Å². The average molecular weight is 240 g/mol. The standard InChI is InChI=1S/C10H12N2OS2/c1-7(2)6-15(13)10-12-9-8(14-10)4-3-5-11-9/h3-5,7H,6H2,1-2H3/t15-/m0/s1. The molecule has 2 aromatic heterocycles. The molecule has 2 heterocycles. The van der Waals surface area contributed by atoms with Crippen LogP contribution in [0.25, 0.3) is 10.3 Å². The fraction of sp³-hybridized carbons (Fsp3) is 0.400.